The highest BCUT2D eigenvalue weighted by atomic mass is 19.1. The zero-order chi connectivity index (χ0) is 17.8. The Morgan fingerprint density at radius 2 is 2.16 bits per heavy atom. The summed E-state index contributed by atoms with van der Waals surface area (Å²) in [5, 5.41) is 2.73. The number of ether oxygens (including phenoxy) is 1. The number of oxazole rings is 1. The first-order valence-corrected chi connectivity index (χ1v) is 7.57. The van der Waals surface area contributed by atoms with Gasteiger partial charge in [0.1, 0.15) is 11.6 Å². The maximum Gasteiger partial charge on any atom is 0.230 e. The Morgan fingerprint density at radius 3 is 2.84 bits per heavy atom. The summed E-state index contributed by atoms with van der Waals surface area (Å²) in [5.41, 5.74) is 1.57. The van der Waals surface area contributed by atoms with Crippen LogP contribution in [0.2, 0.25) is 0 Å². The number of methoxy groups -OCH3 is 1. The second kappa shape index (κ2) is 7.12. The summed E-state index contributed by atoms with van der Waals surface area (Å²) in [6.45, 7) is 1.72. The van der Waals surface area contributed by atoms with Crippen molar-refractivity contribution in [2.75, 3.05) is 12.4 Å². The van der Waals surface area contributed by atoms with E-state index in [1.807, 2.05) is 0 Å². The molecule has 0 fully saturated rings. The van der Waals surface area contributed by atoms with Crippen LogP contribution in [-0.2, 0) is 11.2 Å². The van der Waals surface area contributed by atoms with Crippen molar-refractivity contribution in [1.29, 1.82) is 0 Å². The predicted octanol–water partition coefficient (Wildman–Crippen LogP) is 3.37. The summed E-state index contributed by atoms with van der Waals surface area (Å²) >= 11 is 0. The van der Waals surface area contributed by atoms with Crippen molar-refractivity contribution >= 4 is 11.6 Å². The number of aromatic nitrogens is 2. The summed E-state index contributed by atoms with van der Waals surface area (Å²) in [6, 6.07) is 9.29. The molecule has 0 aliphatic heterocycles. The predicted molar refractivity (Wildman–Crippen MR) is 89.8 cm³/mol. The van der Waals surface area contributed by atoms with Crippen LogP contribution in [0.4, 0.5) is 10.1 Å². The van der Waals surface area contributed by atoms with Crippen LogP contribution < -0.4 is 10.1 Å². The molecule has 0 aliphatic carbocycles. The molecule has 25 heavy (non-hydrogen) atoms. The average molecular weight is 341 g/mol. The molecule has 7 heteroatoms. The Morgan fingerprint density at radius 1 is 1.32 bits per heavy atom. The zero-order valence-corrected chi connectivity index (χ0v) is 13.7. The minimum Gasteiger partial charge on any atom is -0.481 e. The van der Waals surface area contributed by atoms with Crippen molar-refractivity contribution in [3.8, 4) is 17.3 Å². The number of pyridine rings is 1. The second-order valence-electron chi connectivity index (χ2n) is 5.35. The van der Waals surface area contributed by atoms with Gasteiger partial charge in [-0.3, -0.25) is 4.79 Å². The molecule has 3 aromatic rings. The van der Waals surface area contributed by atoms with Crippen molar-refractivity contribution in [3.63, 3.8) is 0 Å². The standard InChI is InChI=1S/C18H16FN3O3/c1-11-15(22-18(25-11)12-4-3-5-13(19)8-12)9-16(23)21-14-6-7-17(24-2)20-10-14/h3-8,10H,9H2,1-2H3,(H,21,23). The molecule has 0 saturated carbocycles. The molecular weight excluding hydrogens is 325 g/mol. The smallest absolute Gasteiger partial charge is 0.230 e. The summed E-state index contributed by atoms with van der Waals surface area (Å²) in [7, 11) is 1.52. The van der Waals surface area contributed by atoms with Crippen molar-refractivity contribution in [2.24, 2.45) is 0 Å². The van der Waals surface area contributed by atoms with Gasteiger partial charge in [-0.1, -0.05) is 6.07 Å². The van der Waals surface area contributed by atoms with Gasteiger partial charge < -0.3 is 14.5 Å². The van der Waals surface area contributed by atoms with E-state index in [9.17, 15) is 9.18 Å². The van der Waals surface area contributed by atoms with Gasteiger partial charge in [0, 0.05) is 11.6 Å². The lowest BCUT2D eigenvalue weighted by Crippen LogP contribution is -2.15. The normalized spacial score (nSPS) is 10.5. The molecule has 3 rings (SSSR count). The van der Waals surface area contributed by atoms with Gasteiger partial charge in [-0.15, -0.1) is 0 Å². The number of nitrogens with zero attached hydrogens (tertiary/aromatic N) is 2. The molecule has 128 valence electrons. The number of hydrogen-bond acceptors (Lipinski definition) is 5. The Hall–Kier alpha value is -3.22. The molecule has 0 spiro atoms. The quantitative estimate of drug-likeness (QED) is 0.770. The van der Waals surface area contributed by atoms with Gasteiger partial charge in [-0.25, -0.2) is 14.4 Å². The lowest BCUT2D eigenvalue weighted by molar-refractivity contribution is -0.115. The van der Waals surface area contributed by atoms with Gasteiger partial charge in [0.15, 0.2) is 0 Å². The van der Waals surface area contributed by atoms with E-state index in [0.717, 1.165) is 0 Å². The number of carbonyl (C=O) groups excluding carboxylic acids is 1. The maximum absolute atomic E-state index is 13.3. The summed E-state index contributed by atoms with van der Waals surface area (Å²) in [5.74, 6) is 0.632. The Kier molecular flexibility index (Phi) is 4.74. The largest absolute Gasteiger partial charge is 0.481 e. The summed E-state index contributed by atoms with van der Waals surface area (Å²) in [6.07, 6.45) is 1.54. The van der Waals surface area contributed by atoms with Crippen LogP contribution in [0.5, 0.6) is 5.88 Å². The molecule has 0 radical (unpaired) electrons. The third-order valence-corrected chi connectivity index (χ3v) is 3.52. The highest BCUT2D eigenvalue weighted by Gasteiger charge is 2.15. The number of hydrogen-bond donors (Lipinski definition) is 1. The topological polar surface area (TPSA) is 77.2 Å². The van der Waals surface area contributed by atoms with Gasteiger partial charge in [-0.2, -0.15) is 0 Å². The fourth-order valence-electron chi connectivity index (χ4n) is 2.27. The van der Waals surface area contributed by atoms with E-state index in [1.54, 1.807) is 31.2 Å². The number of rotatable bonds is 5. The minimum atomic E-state index is -0.375. The molecule has 0 bridgehead atoms. The van der Waals surface area contributed by atoms with Gasteiger partial charge in [-0.05, 0) is 31.2 Å². The lowest BCUT2D eigenvalue weighted by Gasteiger charge is -2.04. The van der Waals surface area contributed by atoms with E-state index >= 15 is 0 Å². The van der Waals surface area contributed by atoms with Crippen LogP contribution in [0, 0.1) is 12.7 Å². The van der Waals surface area contributed by atoms with Crippen LogP contribution in [0.15, 0.2) is 47.0 Å². The number of nitrogens with one attached hydrogen (secondary N) is 1. The Labute approximate surface area is 143 Å². The van der Waals surface area contributed by atoms with Crippen molar-refractivity contribution in [2.45, 2.75) is 13.3 Å². The SMILES string of the molecule is COc1ccc(NC(=O)Cc2nc(-c3cccc(F)c3)oc2C)cn1. The van der Waals surface area contributed by atoms with Gasteiger partial charge in [0.2, 0.25) is 17.7 Å². The van der Waals surface area contributed by atoms with Crippen LogP contribution in [0.3, 0.4) is 0 Å². The van der Waals surface area contributed by atoms with Gasteiger partial charge in [0.25, 0.3) is 0 Å². The monoisotopic (exact) mass is 341 g/mol. The number of halogens is 1. The van der Waals surface area contributed by atoms with Crippen molar-refractivity contribution in [1.82, 2.24) is 9.97 Å². The average Bonchev–Trinajstić information content (AvgIpc) is 2.96. The lowest BCUT2D eigenvalue weighted by atomic mass is 10.2. The Balaban J connectivity index is 1.71. The number of aryl methyl sites for hydroxylation is 1. The minimum absolute atomic E-state index is 0.0384. The highest BCUT2D eigenvalue weighted by Crippen LogP contribution is 2.23. The van der Waals surface area contributed by atoms with Crippen LogP contribution in [0.1, 0.15) is 11.5 Å². The second-order valence-corrected chi connectivity index (χ2v) is 5.35. The first-order chi connectivity index (χ1) is 12.0. The summed E-state index contributed by atoms with van der Waals surface area (Å²) < 4.78 is 23.8. The molecule has 1 aromatic carbocycles. The number of benzene rings is 1. The van der Waals surface area contributed by atoms with Crippen molar-refractivity contribution in [3.05, 3.63) is 59.9 Å². The van der Waals surface area contributed by atoms with E-state index < -0.39 is 0 Å². The van der Waals surface area contributed by atoms with Crippen LogP contribution in [-0.4, -0.2) is 23.0 Å². The molecule has 0 atom stereocenters. The first-order valence-electron chi connectivity index (χ1n) is 7.57. The van der Waals surface area contributed by atoms with E-state index in [4.69, 9.17) is 9.15 Å². The van der Waals surface area contributed by atoms with Crippen molar-refractivity contribution < 1.29 is 18.3 Å². The number of carbonyl (C=O) groups is 1. The van der Waals surface area contributed by atoms with E-state index in [-0.39, 0.29) is 24.0 Å². The first kappa shape index (κ1) is 16.6. The zero-order valence-electron chi connectivity index (χ0n) is 13.7. The molecule has 1 N–H and O–H groups in total. The highest BCUT2D eigenvalue weighted by molar-refractivity contribution is 5.92. The third kappa shape index (κ3) is 4.00. The summed E-state index contributed by atoms with van der Waals surface area (Å²) in [4.78, 5) is 20.5. The molecule has 0 unspecified atom stereocenters. The molecule has 2 heterocycles. The third-order valence-electron chi connectivity index (χ3n) is 3.52. The maximum atomic E-state index is 13.3. The fourth-order valence-corrected chi connectivity index (χ4v) is 2.27. The van der Waals surface area contributed by atoms with Crippen LogP contribution in [0.25, 0.3) is 11.5 Å². The molecule has 0 saturated heterocycles. The van der Waals surface area contributed by atoms with E-state index in [0.29, 0.717) is 28.6 Å². The van der Waals surface area contributed by atoms with Gasteiger partial charge in [0.05, 0.1) is 31.1 Å². The van der Waals surface area contributed by atoms with E-state index in [1.165, 1.54) is 25.4 Å². The molecule has 0 aliphatic rings. The fraction of sp³-hybridized carbons (Fsp3) is 0.167. The van der Waals surface area contributed by atoms with Crippen LogP contribution >= 0.6 is 0 Å². The number of anilines is 1. The molecule has 1 amide bonds. The Bertz CT molecular complexity index is 891. The van der Waals surface area contributed by atoms with Gasteiger partial charge >= 0.3 is 0 Å². The molecule has 2 aromatic heterocycles. The molecular formula is C18H16FN3O3. The van der Waals surface area contributed by atoms with E-state index in [2.05, 4.69) is 15.3 Å². The number of amides is 1. The molecule has 6 nitrogen and oxygen atoms in total.